The van der Waals surface area contributed by atoms with Crippen molar-refractivity contribution in [2.75, 3.05) is 5.01 Å². The van der Waals surface area contributed by atoms with Crippen LogP contribution in [0.5, 0.6) is 0 Å². The van der Waals surface area contributed by atoms with E-state index in [1.54, 1.807) is 13.8 Å². The van der Waals surface area contributed by atoms with Gasteiger partial charge in [-0.3, -0.25) is 19.8 Å². The third kappa shape index (κ3) is 3.89. The summed E-state index contributed by atoms with van der Waals surface area (Å²) in [5.41, 5.74) is 3.16. The molecule has 8 heteroatoms. The van der Waals surface area contributed by atoms with Crippen molar-refractivity contribution in [2.45, 2.75) is 32.7 Å². The highest BCUT2D eigenvalue weighted by Crippen LogP contribution is 2.18. The first kappa shape index (κ1) is 17.5. The van der Waals surface area contributed by atoms with Crippen molar-refractivity contribution in [2.24, 2.45) is 5.92 Å². The maximum Gasteiger partial charge on any atom is 0.326 e. The van der Waals surface area contributed by atoms with Gasteiger partial charge in [0, 0.05) is 18.4 Å². The minimum absolute atomic E-state index is 0.128. The Morgan fingerprint density at radius 1 is 1.17 bits per heavy atom. The van der Waals surface area contributed by atoms with Gasteiger partial charge in [-0.2, -0.15) is 0 Å². The molecular formula is C16H19N3O5. The number of hydrazine groups is 1. The Balaban J connectivity index is 2.11. The number of hydrogen-bond acceptors (Lipinski definition) is 4. The van der Waals surface area contributed by atoms with Crippen molar-refractivity contribution in [3.8, 4) is 0 Å². The van der Waals surface area contributed by atoms with E-state index in [0.29, 0.717) is 5.69 Å². The van der Waals surface area contributed by atoms with E-state index >= 15 is 0 Å². The Hall–Kier alpha value is -2.90. The number of carboxylic acids is 1. The number of rotatable bonds is 5. The molecule has 3 amide bonds. The van der Waals surface area contributed by atoms with Crippen LogP contribution >= 0.6 is 0 Å². The lowest BCUT2D eigenvalue weighted by Gasteiger charge is -2.27. The van der Waals surface area contributed by atoms with Gasteiger partial charge in [-0.05, 0) is 30.2 Å². The molecule has 1 saturated heterocycles. The molecule has 1 aliphatic heterocycles. The molecule has 0 aliphatic carbocycles. The van der Waals surface area contributed by atoms with Crippen molar-refractivity contribution in [1.29, 1.82) is 0 Å². The second-order valence-corrected chi connectivity index (χ2v) is 5.84. The predicted octanol–water partition coefficient (Wildman–Crippen LogP) is 0.684. The molecule has 3 N–H and O–H groups in total. The van der Waals surface area contributed by atoms with Crippen LogP contribution in [0.3, 0.4) is 0 Å². The number of anilines is 1. The van der Waals surface area contributed by atoms with Crippen LogP contribution in [-0.4, -0.2) is 34.8 Å². The Bertz CT molecular complexity index is 669. The fraction of sp³-hybridized carbons (Fsp3) is 0.375. The fourth-order valence-corrected chi connectivity index (χ4v) is 2.28. The Kier molecular flexibility index (Phi) is 5.18. The quantitative estimate of drug-likeness (QED) is 0.733. The van der Waals surface area contributed by atoms with Crippen molar-refractivity contribution in [3.05, 3.63) is 29.8 Å². The second-order valence-electron chi connectivity index (χ2n) is 5.84. The van der Waals surface area contributed by atoms with Crippen LogP contribution < -0.4 is 15.8 Å². The molecule has 1 heterocycles. The summed E-state index contributed by atoms with van der Waals surface area (Å²) in [6.45, 7) is 3.40. The highest BCUT2D eigenvalue weighted by atomic mass is 16.4. The third-order valence-electron chi connectivity index (χ3n) is 3.66. The summed E-state index contributed by atoms with van der Waals surface area (Å²) in [7, 11) is 0. The van der Waals surface area contributed by atoms with E-state index < -0.39 is 17.9 Å². The standard InChI is InChI=1S/C16H19N3O5/c1-9(2)14(16(23)24)17-15(22)10-3-5-11(6-4-10)19-13(21)8-7-12(20)18-19/h3-6,9,14H,7-8H2,1-2H3,(H,17,22)(H,18,20)(H,23,24)/t14-/m1/s1. The summed E-state index contributed by atoms with van der Waals surface area (Å²) < 4.78 is 0. The number of benzene rings is 1. The van der Waals surface area contributed by atoms with Gasteiger partial charge in [0.1, 0.15) is 6.04 Å². The van der Waals surface area contributed by atoms with Crippen molar-refractivity contribution in [1.82, 2.24) is 10.7 Å². The van der Waals surface area contributed by atoms with Crippen molar-refractivity contribution >= 4 is 29.4 Å². The number of nitrogens with zero attached hydrogens (tertiary/aromatic N) is 1. The number of carbonyl (C=O) groups is 4. The molecular weight excluding hydrogens is 314 g/mol. The third-order valence-corrected chi connectivity index (χ3v) is 3.66. The van der Waals surface area contributed by atoms with Crippen LogP contribution in [0.25, 0.3) is 0 Å². The van der Waals surface area contributed by atoms with E-state index in [1.807, 2.05) is 0 Å². The van der Waals surface area contributed by atoms with Crippen LogP contribution in [0.4, 0.5) is 5.69 Å². The molecule has 2 rings (SSSR count). The predicted molar refractivity (Wildman–Crippen MR) is 85.0 cm³/mol. The van der Waals surface area contributed by atoms with Gasteiger partial charge in [0.2, 0.25) is 11.8 Å². The Morgan fingerprint density at radius 3 is 2.33 bits per heavy atom. The van der Waals surface area contributed by atoms with Crippen LogP contribution in [0.1, 0.15) is 37.0 Å². The summed E-state index contributed by atoms with van der Waals surface area (Å²) in [5.74, 6) is -2.37. The largest absolute Gasteiger partial charge is 0.480 e. The lowest BCUT2D eigenvalue weighted by Crippen LogP contribution is -2.50. The van der Waals surface area contributed by atoms with Gasteiger partial charge >= 0.3 is 5.97 Å². The monoisotopic (exact) mass is 333 g/mol. The average molecular weight is 333 g/mol. The fourth-order valence-electron chi connectivity index (χ4n) is 2.28. The van der Waals surface area contributed by atoms with Gasteiger partial charge in [0.15, 0.2) is 0 Å². The van der Waals surface area contributed by atoms with E-state index in [0.717, 1.165) is 5.01 Å². The maximum absolute atomic E-state index is 12.1. The van der Waals surface area contributed by atoms with Crippen LogP contribution in [-0.2, 0) is 14.4 Å². The molecule has 0 aromatic heterocycles. The first-order valence-corrected chi connectivity index (χ1v) is 7.55. The summed E-state index contributed by atoms with van der Waals surface area (Å²) in [6, 6.07) is 4.99. The molecule has 0 spiro atoms. The lowest BCUT2D eigenvalue weighted by molar-refractivity contribution is -0.140. The lowest BCUT2D eigenvalue weighted by atomic mass is 10.0. The summed E-state index contributed by atoms with van der Waals surface area (Å²) in [4.78, 5) is 46.5. The smallest absolute Gasteiger partial charge is 0.326 e. The topological polar surface area (TPSA) is 116 Å². The molecule has 24 heavy (non-hydrogen) atoms. The van der Waals surface area contributed by atoms with E-state index in [1.165, 1.54) is 24.3 Å². The molecule has 8 nitrogen and oxygen atoms in total. The Morgan fingerprint density at radius 2 is 1.79 bits per heavy atom. The average Bonchev–Trinajstić information content (AvgIpc) is 2.54. The van der Waals surface area contributed by atoms with Gasteiger partial charge in [-0.25, -0.2) is 9.80 Å². The molecule has 0 bridgehead atoms. The molecule has 1 aliphatic rings. The van der Waals surface area contributed by atoms with Crippen LogP contribution in [0.15, 0.2) is 24.3 Å². The molecule has 1 fully saturated rings. The zero-order valence-corrected chi connectivity index (χ0v) is 13.4. The van der Waals surface area contributed by atoms with E-state index in [-0.39, 0.29) is 36.1 Å². The van der Waals surface area contributed by atoms with E-state index in [4.69, 9.17) is 5.11 Å². The molecule has 1 aromatic carbocycles. The first-order chi connectivity index (χ1) is 11.3. The molecule has 1 atom stereocenters. The highest BCUT2D eigenvalue weighted by molar-refractivity contribution is 6.02. The number of nitrogens with one attached hydrogen (secondary N) is 2. The van der Waals surface area contributed by atoms with Crippen LogP contribution in [0, 0.1) is 5.92 Å². The minimum Gasteiger partial charge on any atom is -0.480 e. The molecule has 0 radical (unpaired) electrons. The molecule has 1 aromatic rings. The van der Waals surface area contributed by atoms with Crippen molar-refractivity contribution in [3.63, 3.8) is 0 Å². The number of carbonyl (C=O) groups excluding carboxylic acids is 3. The molecule has 128 valence electrons. The zero-order valence-electron chi connectivity index (χ0n) is 13.4. The summed E-state index contributed by atoms with van der Waals surface area (Å²) in [6.07, 6.45) is 0.282. The molecule has 0 unspecified atom stereocenters. The van der Waals surface area contributed by atoms with Gasteiger partial charge in [0.05, 0.1) is 5.69 Å². The highest BCUT2D eigenvalue weighted by Gasteiger charge is 2.26. The number of aliphatic carboxylic acids is 1. The first-order valence-electron chi connectivity index (χ1n) is 7.55. The second kappa shape index (κ2) is 7.12. The van der Waals surface area contributed by atoms with Gasteiger partial charge in [-0.15, -0.1) is 0 Å². The number of hydrogen-bond donors (Lipinski definition) is 3. The Labute approximate surface area is 138 Å². The molecule has 0 saturated carbocycles. The SMILES string of the molecule is CC(C)[C@@H](NC(=O)c1ccc(N2NC(=O)CCC2=O)cc1)C(=O)O. The normalized spacial score (nSPS) is 15.9. The summed E-state index contributed by atoms with van der Waals surface area (Å²) in [5, 5.41) is 12.7. The maximum atomic E-state index is 12.1. The van der Waals surface area contributed by atoms with Gasteiger partial charge in [0.25, 0.3) is 5.91 Å². The van der Waals surface area contributed by atoms with Crippen LogP contribution in [0.2, 0.25) is 0 Å². The van der Waals surface area contributed by atoms with Crippen molar-refractivity contribution < 1.29 is 24.3 Å². The zero-order chi connectivity index (χ0) is 17.9. The minimum atomic E-state index is -1.10. The number of amides is 3. The van der Waals surface area contributed by atoms with E-state index in [9.17, 15) is 19.2 Å². The number of carboxylic acid groups (broad SMARTS) is 1. The van der Waals surface area contributed by atoms with Gasteiger partial charge in [-0.1, -0.05) is 13.8 Å². The van der Waals surface area contributed by atoms with E-state index in [2.05, 4.69) is 10.7 Å². The summed E-state index contributed by atoms with van der Waals surface area (Å²) >= 11 is 0. The van der Waals surface area contributed by atoms with Gasteiger partial charge < -0.3 is 10.4 Å².